The molecule has 0 saturated carbocycles. The van der Waals surface area contributed by atoms with Crippen molar-refractivity contribution in [2.45, 2.75) is 25.4 Å². The normalized spacial score (nSPS) is 13.6. The van der Waals surface area contributed by atoms with Gasteiger partial charge in [0, 0.05) is 11.4 Å². The van der Waals surface area contributed by atoms with E-state index < -0.39 is 12.0 Å². The number of ether oxygens (including phenoxy) is 1. The van der Waals surface area contributed by atoms with Crippen molar-refractivity contribution in [2.24, 2.45) is 0 Å². The van der Waals surface area contributed by atoms with Gasteiger partial charge in [-0.1, -0.05) is 43.0 Å². The maximum atomic E-state index is 13.4. The molecule has 0 unspecified atom stereocenters. The van der Waals surface area contributed by atoms with Crippen LogP contribution in [0.5, 0.6) is 0 Å². The zero-order valence-electron chi connectivity index (χ0n) is 18.4. The van der Waals surface area contributed by atoms with E-state index in [1.165, 1.54) is 11.8 Å². The summed E-state index contributed by atoms with van der Waals surface area (Å²) < 4.78 is 6.69. The molecule has 2 N–H and O–H groups in total. The molecule has 2 heterocycles. The van der Waals surface area contributed by atoms with E-state index in [4.69, 9.17) is 9.72 Å². The van der Waals surface area contributed by atoms with Gasteiger partial charge >= 0.3 is 12.0 Å². The summed E-state index contributed by atoms with van der Waals surface area (Å²) in [6.45, 7) is 4.11. The van der Waals surface area contributed by atoms with Gasteiger partial charge in [-0.3, -0.25) is 9.36 Å². The molecule has 1 aromatic heterocycles. The third kappa shape index (κ3) is 4.78. The van der Waals surface area contributed by atoms with Crippen molar-refractivity contribution in [3.05, 3.63) is 75.7 Å². The van der Waals surface area contributed by atoms with Gasteiger partial charge in [-0.15, -0.1) is 0 Å². The van der Waals surface area contributed by atoms with Gasteiger partial charge in [0.05, 0.1) is 35.3 Å². The molecule has 9 heteroatoms. The standard InChI is InChI=1S/C24H24N4O4S/c1-3-15-9-11-16(12-10-15)28-21(29)17-7-5-6-8-19(17)27-24(28)33-14-20-18(22(30)32-4-2)13-25-23(31)26-20/h5-12H,3-4,13-14H2,1-2H3,(H2,25,26,31). The lowest BCUT2D eigenvalue weighted by Gasteiger charge is -2.21. The highest BCUT2D eigenvalue weighted by Crippen LogP contribution is 2.24. The van der Waals surface area contributed by atoms with E-state index in [1.54, 1.807) is 23.6 Å². The number of rotatable bonds is 7. The molecular formula is C24H24N4O4S. The van der Waals surface area contributed by atoms with Gasteiger partial charge in [-0.2, -0.15) is 0 Å². The minimum atomic E-state index is -0.486. The number of aryl methyl sites for hydroxylation is 1. The number of nitrogens with zero attached hydrogens (tertiary/aromatic N) is 2. The number of hydrogen-bond acceptors (Lipinski definition) is 6. The monoisotopic (exact) mass is 464 g/mol. The van der Waals surface area contributed by atoms with Crippen LogP contribution in [0.2, 0.25) is 0 Å². The van der Waals surface area contributed by atoms with E-state index in [2.05, 4.69) is 17.6 Å². The second kappa shape index (κ2) is 9.91. The molecule has 0 saturated heterocycles. The molecular weight excluding hydrogens is 440 g/mol. The van der Waals surface area contributed by atoms with Crippen molar-refractivity contribution in [3.8, 4) is 5.69 Å². The largest absolute Gasteiger partial charge is 0.463 e. The second-order valence-corrected chi connectivity index (χ2v) is 8.29. The minimum absolute atomic E-state index is 0.0804. The Morgan fingerprint density at radius 2 is 1.88 bits per heavy atom. The predicted octanol–water partition coefficient (Wildman–Crippen LogP) is 3.17. The van der Waals surface area contributed by atoms with Gasteiger partial charge in [0.2, 0.25) is 0 Å². The van der Waals surface area contributed by atoms with E-state index in [0.29, 0.717) is 33.0 Å². The summed E-state index contributed by atoms with van der Waals surface area (Å²) in [6, 6.07) is 14.6. The lowest BCUT2D eigenvalue weighted by Crippen LogP contribution is -2.44. The summed E-state index contributed by atoms with van der Waals surface area (Å²) in [5, 5.41) is 6.27. The first-order valence-corrected chi connectivity index (χ1v) is 11.7. The first-order chi connectivity index (χ1) is 16.0. The average Bonchev–Trinajstić information content (AvgIpc) is 2.83. The number of amides is 2. The number of esters is 1. The minimum Gasteiger partial charge on any atom is -0.463 e. The van der Waals surface area contributed by atoms with E-state index in [0.717, 1.165) is 12.0 Å². The molecule has 170 valence electrons. The van der Waals surface area contributed by atoms with Crippen molar-refractivity contribution < 1.29 is 14.3 Å². The highest BCUT2D eigenvalue weighted by atomic mass is 32.2. The fraction of sp³-hybridized carbons (Fsp3) is 0.250. The van der Waals surface area contributed by atoms with Gasteiger partial charge in [0.15, 0.2) is 5.16 Å². The second-order valence-electron chi connectivity index (χ2n) is 7.35. The highest BCUT2D eigenvalue weighted by Gasteiger charge is 2.24. The van der Waals surface area contributed by atoms with Crippen molar-refractivity contribution in [2.75, 3.05) is 18.9 Å². The third-order valence-corrected chi connectivity index (χ3v) is 6.23. The third-order valence-electron chi connectivity index (χ3n) is 5.27. The predicted molar refractivity (Wildman–Crippen MR) is 128 cm³/mol. The Hall–Kier alpha value is -3.59. The molecule has 3 aromatic rings. The molecule has 0 atom stereocenters. The number of fused-ring (bicyclic) bond motifs is 1. The van der Waals surface area contributed by atoms with Gasteiger partial charge in [-0.25, -0.2) is 14.6 Å². The van der Waals surface area contributed by atoms with Crippen LogP contribution in [-0.2, 0) is 16.0 Å². The van der Waals surface area contributed by atoms with Crippen LogP contribution in [0.3, 0.4) is 0 Å². The Morgan fingerprint density at radius 3 is 2.61 bits per heavy atom. The average molecular weight is 465 g/mol. The number of urea groups is 1. The fourth-order valence-corrected chi connectivity index (χ4v) is 4.52. The summed E-state index contributed by atoms with van der Waals surface area (Å²) in [5.41, 5.74) is 3.06. The number of carbonyl (C=O) groups excluding carboxylic acids is 2. The molecule has 4 rings (SSSR count). The molecule has 0 spiro atoms. The summed E-state index contributed by atoms with van der Waals surface area (Å²) in [4.78, 5) is 42.4. The van der Waals surface area contributed by atoms with Crippen LogP contribution >= 0.6 is 11.8 Å². The smallest absolute Gasteiger partial charge is 0.337 e. The molecule has 0 aliphatic carbocycles. The van der Waals surface area contributed by atoms with Crippen LogP contribution < -0.4 is 16.2 Å². The number of benzene rings is 2. The maximum absolute atomic E-state index is 13.4. The van der Waals surface area contributed by atoms with Gasteiger partial charge in [0.1, 0.15) is 0 Å². The molecule has 1 aliphatic heterocycles. The summed E-state index contributed by atoms with van der Waals surface area (Å²) >= 11 is 1.27. The van der Waals surface area contributed by atoms with E-state index >= 15 is 0 Å². The SMILES string of the molecule is CCOC(=O)C1=C(CSc2nc3ccccc3c(=O)n2-c2ccc(CC)cc2)NC(=O)NC1. The number of aromatic nitrogens is 2. The van der Waals surface area contributed by atoms with Gasteiger partial charge in [0.25, 0.3) is 5.56 Å². The van der Waals surface area contributed by atoms with E-state index in [1.807, 2.05) is 36.4 Å². The Morgan fingerprint density at radius 1 is 1.12 bits per heavy atom. The van der Waals surface area contributed by atoms with Crippen LogP contribution in [0.15, 0.2) is 69.8 Å². The van der Waals surface area contributed by atoms with Crippen LogP contribution in [0.1, 0.15) is 19.4 Å². The maximum Gasteiger partial charge on any atom is 0.337 e. The number of nitrogens with one attached hydrogen (secondary N) is 2. The van der Waals surface area contributed by atoms with Gasteiger partial charge < -0.3 is 15.4 Å². The summed E-state index contributed by atoms with van der Waals surface area (Å²) in [7, 11) is 0. The molecule has 2 aromatic carbocycles. The summed E-state index contributed by atoms with van der Waals surface area (Å²) in [5.74, 6) is -0.251. The molecule has 1 aliphatic rings. The van der Waals surface area contributed by atoms with Crippen LogP contribution in [-0.4, -0.2) is 40.5 Å². The fourth-order valence-electron chi connectivity index (χ4n) is 3.52. The lowest BCUT2D eigenvalue weighted by molar-refractivity contribution is -0.138. The van der Waals surface area contributed by atoms with Crippen LogP contribution in [0, 0.1) is 0 Å². The van der Waals surface area contributed by atoms with E-state index in [-0.39, 0.29) is 24.5 Å². The molecule has 8 nitrogen and oxygen atoms in total. The van der Waals surface area contributed by atoms with Crippen molar-refractivity contribution >= 4 is 34.7 Å². The Kier molecular flexibility index (Phi) is 6.79. The first-order valence-electron chi connectivity index (χ1n) is 10.7. The highest BCUT2D eigenvalue weighted by molar-refractivity contribution is 7.99. The zero-order valence-corrected chi connectivity index (χ0v) is 19.2. The zero-order chi connectivity index (χ0) is 23.4. The van der Waals surface area contributed by atoms with Crippen molar-refractivity contribution in [1.29, 1.82) is 0 Å². The molecule has 0 fully saturated rings. The topological polar surface area (TPSA) is 102 Å². The van der Waals surface area contributed by atoms with Crippen molar-refractivity contribution in [3.63, 3.8) is 0 Å². The van der Waals surface area contributed by atoms with Gasteiger partial charge in [-0.05, 0) is 43.2 Å². The first kappa shape index (κ1) is 22.6. The Labute approximate surface area is 195 Å². The molecule has 2 amide bonds. The Balaban J connectivity index is 1.77. The Bertz CT molecular complexity index is 1300. The van der Waals surface area contributed by atoms with Crippen LogP contribution in [0.4, 0.5) is 4.79 Å². The quantitative estimate of drug-likeness (QED) is 0.316. The molecule has 0 radical (unpaired) electrons. The summed E-state index contributed by atoms with van der Waals surface area (Å²) in [6.07, 6.45) is 0.894. The number of thioether (sulfide) groups is 1. The number of para-hydroxylation sites is 1. The number of hydrogen-bond donors (Lipinski definition) is 2. The molecule has 33 heavy (non-hydrogen) atoms. The van der Waals surface area contributed by atoms with Crippen LogP contribution in [0.25, 0.3) is 16.6 Å². The van der Waals surface area contributed by atoms with Crippen molar-refractivity contribution in [1.82, 2.24) is 20.2 Å². The number of carbonyl (C=O) groups is 2. The lowest BCUT2D eigenvalue weighted by atomic mass is 10.1. The van der Waals surface area contributed by atoms with E-state index in [9.17, 15) is 14.4 Å². The molecule has 0 bridgehead atoms.